The number of rotatable bonds is 6. The summed E-state index contributed by atoms with van der Waals surface area (Å²) < 4.78 is 4.97. The first-order valence-electron chi connectivity index (χ1n) is 8.00. The van der Waals surface area contributed by atoms with Crippen LogP contribution in [0.25, 0.3) is 0 Å². The molecule has 2 heterocycles. The number of anilines is 1. The van der Waals surface area contributed by atoms with Crippen molar-refractivity contribution >= 4 is 29.0 Å². The molecular formula is C18H18N4O3. The maximum Gasteiger partial charge on any atom is 0.260 e. The molecule has 7 nitrogen and oxygen atoms in total. The summed E-state index contributed by atoms with van der Waals surface area (Å²) in [5, 5.41) is 2.77. The molecule has 1 aliphatic carbocycles. The Morgan fingerprint density at radius 1 is 1.28 bits per heavy atom. The topological polar surface area (TPSA) is 93.0 Å². The van der Waals surface area contributed by atoms with E-state index in [0.717, 1.165) is 0 Å². The summed E-state index contributed by atoms with van der Waals surface area (Å²) in [6, 6.07) is 3.40. The van der Waals surface area contributed by atoms with Crippen molar-refractivity contribution in [3.8, 4) is 5.88 Å². The quantitative estimate of drug-likeness (QED) is 0.861. The predicted molar refractivity (Wildman–Crippen MR) is 94.9 cm³/mol. The number of aliphatic imine (C=N–C) groups is 2. The number of ether oxygens (including phenoxy) is 1. The van der Waals surface area contributed by atoms with E-state index in [1.807, 2.05) is 18.2 Å². The van der Waals surface area contributed by atoms with Gasteiger partial charge in [-0.2, -0.15) is 4.99 Å². The second-order valence-electron chi connectivity index (χ2n) is 5.62. The summed E-state index contributed by atoms with van der Waals surface area (Å²) in [7, 11) is 1.53. The molecular weight excluding hydrogens is 320 g/mol. The van der Waals surface area contributed by atoms with Gasteiger partial charge in [0.1, 0.15) is 11.8 Å². The van der Waals surface area contributed by atoms with E-state index >= 15 is 0 Å². The van der Waals surface area contributed by atoms with Crippen molar-refractivity contribution in [3.05, 3.63) is 42.6 Å². The molecule has 0 radical (unpaired) electrons. The van der Waals surface area contributed by atoms with Gasteiger partial charge in [-0.3, -0.25) is 9.59 Å². The molecule has 0 saturated carbocycles. The Balaban J connectivity index is 1.48. The Morgan fingerprint density at radius 2 is 2.16 bits per heavy atom. The summed E-state index contributed by atoms with van der Waals surface area (Å²) in [6.45, 7) is 0. The number of amidine groups is 1. The van der Waals surface area contributed by atoms with Crippen LogP contribution in [-0.2, 0) is 9.59 Å². The Labute approximate surface area is 145 Å². The van der Waals surface area contributed by atoms with E-state index in [1.165, 1.54) is 13.3 Å². The number of fused-ring (bicyclic) bond motifs is 1. The van der Waals surface area contributed by atoms with Crippen LogP contribution in [0.2, 0.25) is 0 Å². The molecule has 1 aromatic heterocycles. The van der Waals surface area contributed by atoms with Gasteiger partial charge in [0, 0.05) is 18.9 Å². The number of methoxy groups -OCH3 is 1. The van der Waals surface area contributed by atoms with E-state index in [-0.39, 0.29) is 17.7 Å². The molecule has 0 fully saturated rings. The number of carbonyl (C=O) groups is 2. The number of hydrogen-bond donors (Lipinski definition) is 1. The largest absolute Gasteiger partial charge is 0.481 e. The molecule has 1 unspecified atom stereocenters. The highest BCUT2D eigenvalue weighted by Crippen LogP contribution is 2.18. The molecule has 25 heavy (non-hydrogen) atoms. The lowest BCUT2D eigenvalue weighted by molar-refractivity contribution is -0.118. The molecule has 1 aromatic rings. The normalized spacial score (nSPS) is 18.3. The van der Waals surface area contributed by atoms with Crippen LogP contribution in [0.5, 0.6) is 5.88 Å². The van der Waals surface area contributed by atoms with Crippen LogP contribution in [0.1, 0.15) is 19.3 Å². The molecule has 1 atom stereocenters. The number of pyridine rings is 1. The van der Waals surface area contributed by atoms with Crippen molar-refractivity contribution in [1.82, 2.24) is 4.98 Å². The predicted octanol–water partition coefficient (Wildman–Crippen LogP) is 2.32. The molecule has 7 heteroatoms. The number of allylic oxidation sites excluding steroid dienone is 3. The van der Waals surface area contributed by atoms with Crippen LogP contribution >= 0.6 is 0 Å². The highest BCUT2D eigenvalue weighted by atomic mass is 16.5. The summed E-state index contributed by atoms with van der Waals surface area (Å²) in [5.74, 6) is 0.284. The third kappa shape index (κ3) is 4.26. The lowest BCUT2D eigenvalue weighted by atomic mass is 9.96. The molecule has 0 spiro atoms. The zero-order valence-corrected chi connectivity index (χ0v) is 13.8. The maximum atomic E-state index is 12.0. The molecule has 2 aliphatic rings. The Kier molecular flexibility index (Phi) is 5.13. The maximum absolute atomic E-state index is 12.0. The third-order valence-corrected chi connectivity index (χ3v) is 3.80. The molecule has 2 amide bonds. The molecule has 3 rings (SSSR count). The minimum Gasteiger partial charge on any atom is -0.481 e. The highest BCUT2D eigenvalue weighted by molar-refractivity contribution is 6.21. The second-order valence-corrected chi connectivity index (χ2v) is 5.62. The standard InChI is InChI=1S/C18H18N4O3/c1-25-17-10-9-12(11-19-17)20-16(23)8-4-7-15-21-14-6-3-2-5-13(14)18(24)22-15/h2-3,5-6,9-11,13H,4,7-8H2,1H3,(H,20,23). The van der Waals surface area contributed by atoms with E-state index in [0.29, 0.717) is 42.4 Å². The zero-order valence-electron chi connectivity index (χ0n) is 13.8. The smallest absolute Gasteiger partial charge is 0.260 e. The first kappa shape index (κ1) is 16.8. The number of hydrogen-bond acceptors (Lipinski definition) is 5. The van der Waals surface area contributed by atoms with Crippen LogP contribution in [0.4, 0.5) is 5.69 Å². The third-order valence-electron chi connectivity index (χ3n) is 3.80. The van der Waals surface area contributed by atoms with Crippen molar-refractivity contribution in [1.29, 1.82) is 0 Å². The number of nitrogens with zero attached hydrogens (tertiary/aromatic N) is 3. The van der Waals surface area contributed by atoms with Gasteiger partial charge in [-0.1, -0.05) is 18.2 Å². The lowest BCUT2D eigenvalue weighted by Crippen LogP contribution is -2.27. The van der Waals surface area contributed by atoms with E-state index in [4.69, 9.17) is 4.74 Å². The lowest BCUT2D eigenvalue weighted by Gasteiger charge is -2.17. The molecule has 0 aromatic carbocycles. The minimum atomic E-state index is -0.361. The van der Waals surface area contributed by atoms with Gasteiger partial charge in [-0.15, -0.1) is 0 Å². The van der Waals surface area contributed by atoms with Crippen molar-refractivity contribution in [2.45, 2.75) is 19.3 Å². The minimum absolute atomic E-state index is 0.124. The fourth-order valence-corrected chi connectivity index (χ4v) is 2.54. The van der Waals surface area contributed by atoms with Crippen LogP contribution in [0, 0.1) is 5.92 Å². The van der Waals surface area contributed by atoms with Gasteiger partial charge in [0.05, 0.1) is 24.7 Å². The van der Waals surface area contributed by atoms with Gasteiger partial charge >= 0.3 is 0 Å². The number of carbonyl (C=O) groups excluding carboxylic acids is 2. The van der Waals surface area contributed by atoms with Crippen LogP contribution in [0.3, 0.4) is 0 Å². The average molecular weight is 338 g/mol. The highest BCUT2D eigenvalue weighted by Gasteiger charge is 2.25. The van der Waals surface area contributed by atoms with Gasteiger partial charge < -0.3 is 10.1 Å². The van der Waals surface area contributed by atoms with E-state index < -0.39 is 0 Å². The summed E-state index contributed by atoms with van der Waals surface area (Å²) in [6.07, 6.45) is 10.2. The Morgan fingerprint density at radius 3 is 2.92 bits per heavy atom. The van der Waals surface area contributed by atoms with Gasteiger partial charge in [0.15, 0.2) is 0 Å². The van der Waals surface area contributed by atoms with Crippen LogP contribution in [-0.4, -0.2) is 35.5 Å². The number of aromatic nitrogens is 1. The Bertz CT molecular complexity index is 791. The Hall–Kier alpha value is -3.09. The molecule has 1 aliphatic heterocycles. The zero-order chi connectivity index (χ0) is 17.6. The summed E-state index contributed by atoms with van der Waals surface area (Å²) in [5.41, 5.74) is 1.32. The molecule has 0 saturated heterocycles. The van der Waals surface area contributed by atoms with Crippen LogP contribution in [0.15, 0.2) is 52.6 Å². The van der Waals surface area contributed by atoms with E-state index in [2.05, 4.69) is 20.3 Å². The molecule has 1 N–H and O–H groups in total. The van der Waals surface area contributed by atoms with Gasteiger partial charge in [0.2, 0.25) is 11.8 Å². The van der Waals surface area contributed by atoms with Crippen molar-refractivity contribution in [3.63, 3.8) is 0 Å². The van der Waals surface area contributed by atoms with E-state index in [9.17, 15) is 9.59 Å². The van der Waals surface area contributed by atoms with Gasteiger partial charge in [0.25, 0.3) is 5.91 Å². The SMILES string of the molecule is COc1ccc(NC(=O)CCCC2=NC(=O)C3C=CC=CC3=N2)cn1. The van der Waals surface area contributed by atoms with Crippen molar-refractivity contribution < 1.29 is 14.3 Å². The van der Waals surface area contributed by atoms with Crippen molar-refractivity contribution in [2.75, 3.05) is 12.4 Å². The number of nitrogens with one attached hydrogen (secondary N) is 1. The van der Waals surface area contributed by atoms with Gasteiger partial charge in [-0.25, -0.2) is 9.98 Å². The molecule has 128 valence electrons. The summed E-state index contributed by atoms with van der Waals surface area (Å²) >= 11 is 0. The van der Waals surface area contributed by atoms with E-state index in [1.54, 1.807) is 18.2 Å². The fourth-order valence-electron chi connectivity index (χ4n) is 2.54. The second kappa shape index (κ2) is 7.65. The molecule has 0 bridgehead atoms. The monoisotopic (exact) mass is 338 g/mol. The van der Waals surface area contributed by atoms with Gasteiger partial charge in [-0.05, 0) is 18.6 Å². The average Bonchev–Trinajstić information content (AvgIpc) is 2.62. The van der Waals surface area contributed by atoms with Crippen LogP contribution < -0.4 is 10.1 Å². The number of amides is 2. The van der Waals surface area contributed by atoms with Crippen molar-refractivity contribution in [2.24, 2.45) is 15.9 Å². The first-order chi connectivity index (χ1) is 12.2. The summed E-state index contributed by atoms with van der Waals surface area (Å²) in [4.78, 5) is 36.4. The first-order valence-corrected chi connectivity index (χ1v) is 8.00. The fraction of sp³-hybridized carbons (Fsp3) is 0.278.